The zero-order valence-corrected chi connectivity index (χ0v) is 21.6. The lowest BCUT2D eigenvalue weighted by Gasteiger charge is -2.11. The van der Waals surface area contributed by atoms with E-state index in [0.29, 0.717) is 10.8 Å². The monoisotopic (exact) mass is 512 g/mol. The average molecular weight is 513 g/mol. The summed E-state index contributed by atoms with van der Waals surface area (Å²) in [5, 5.41) is 3.86. The number of para-hydroxylation sites is 2. The molecule has 1 N–H and O–H groups in total. The lowest BCUT2D eigenvalue weighted by Crippen LogP contribution is -2.03. The predicted molar refractivity (Wildman–Crippen MR) is 167 cm³/mol. The lowest BCUT2D eigenvalue weighted by molar-refractivity contribution is 1.18. The topological polar surface area (TPSA) is 37.8 Å². The standard InChI is InChI=1S/C37H24N2O/c40-37-31-11-4-6-12-33(31)38-34-22-26(17-21-32(34)37)27-16-20-30-29-10-5-7-13-35(29)39(36(30)23-27)28-18-14-25(15-19-28)24-8-2-1-3-9-24/h1-23H,(H,38,40). The second-order valence-electron chi connectivity index (χ2n) is 10.3. The van der Waals surface area contributed by atoms with Crippen LogP contribution in [0.15, 0.2) is 144 Å². The van der Waals surface area contributed by atoms with E-state index >= 15 is 0 Å². The largest absolute Gasteiger partial charge is 0.354 e. The Bertz CT molecular complexity index is 2270. The van der Waals surface area contributed by atoms with Crippen molar-refractivity contribution in [2.45, 2.75) is 0 Å². The van der Waals surface area contributed by atoms with Crippen molar-refractivity contribution in [2.24, 2.45) is 0 Å². The minimum Gasteiger partial charge on any atom is -0.354 e. The number of hydrogen-bond acceptors (Lipinski definition) is 1. The smallest absolute Gasteiger partial charge is 0.197 e. The van der Waals surface area contributed by atoms with E-state index in [2.05, 4.69) is 113 Å². The second kappa shape index (κ2) is 8.82. The van der Waals surface area contributed by atoms with E-state index in [1.807, 2.05) is 36.4 Å². The molecule has 0 spiro atoms. The molecule has 0 bridgehead atoms. The van der Waals surface area contributed by atoms with Gasteiger partial charge in [-0.25, -0.2) is 0 Å². The summed E-state index contributed by atoms with van der Waals surface area (Å²) in [6.45, 7) is 0. The number of rotatable bonds is 3. The summed E-state index contributed by atoms with van der Waals surface area (Å²) in [6.07, 6.45) is 0. The van der Waals surface area contributed by atoms with Crippen molar-refractivity contribution in [1.82, 2.24) is 9.55 Å². The first kappa shape index (κ1) is 22.6. The average Bonchev–Trinajstić information content (AvgIpc) is 3.35. The maximum absolute atomic E-state index is 13.1. The quantitative estimate of drug-likeness (QED) is 0.236. The van der Waals surface area contributed by atoms with Crippen molar-refractivity contribution in [3.05, 3.63) is 150 Å². The normalized spacial score (nSPS) is 11.6. The van der Waals surface area contributed by atoms with Gasteiger partial charge < -0.3 is 9.55 Å². The van der Waals surface area contributed by atoms with Crippen LogP contribution in [0.3, 0.4) is 0 Å². The molecule has 0 aliphatic carbocycles. The molecule has 40 heavy (non-hydrogen) atoms. The van der Waals surface area contributed by atoms with Crippen LogP contribution in [-0.2, 0) is 0 Å². The van der Waals surface area contributed by atoms with Gasteiger partial charge in [-0.1, -0.05) is 91.0 Å². The van der Waals surface area contributed by atoms with Crippen LogP contribution in [0.25, 0.3) is 71.6 Å². The Kier molecular flexibility index (Phi) is 4.98. The van der Waals surface area contributed by atoms with E-state index in [4.69, 9.17) is 0 Å². The van der Waals surface area contributed by atoms with Crippen LogP contribution in [0, 0.1) is 0 Å². The van der Waals surface area contributed by atoms with Crippen molar-refractivity contribution in [3.63, 3.8) is 0 Å². The number of H-pyrrole nitrogens is 1. The number of pyridine rings is 1. The van der Waals surface area contributed by atoms with Crippen molar-refractivity contribution >= 4 is 43.6 Å². The van der Waals surface area contributed by atoms with Crippen LogP contribution in [0.2, 0.25) is 0 Å². The maximum Gasteiger partial charge on any atom is 0.197 e. The number of fused-ring (bicyclic) bond motifs is 5. The molecular weight excluding hydrogens is 488 g/mol. The van der Waals surface area contributed by atoms with E-state index in [-0.39, 0.29) is 5.43 Å². The molecule has 2 aromatic heterocycles. The summed E-state index contributed by atoms with van der Waals surface area (Å²) in [5.74, 6) is 0. The van der Waals surface area contributed by atoms with Gasteiger partial charge in [-0.2, -0.15) is 0 Å². The lowest BCUT2D eigenvalue weighted by atomic mass is 10.0. The van der Waals surface area contributed by atoms with Crippen molar-refractivity contribution in [3.8, 4) is 27.9 Å². The Balaban J connectivity index is 1.31. The summed E-state index contributed by atoms with van der Waals surface area (Å²) in [7, 11) is 0. The Hall–Kier alpha value is -5.41. The molecule has 2 heterocycles. The molecule has 0 atom stereocenters. The van der Waals surface area contributed by atoms with Gasteiger partial charge in [-0.3, -0.25) is 4.79 Å². The number of aromatic amines is 1. The summed E-state index contributed by atoms with van der Waals surface area (Å²) < 4.78 is 2.35. The fraction of sp³-hybridized carbons (Fsp3) is 0. The molecule has 0 aliphatic rings. The zero-order chi connectivity index (χ0) is 26.6. The summed E-state index contributed by atoms with van der Waals surface area (Å²) in [6, 6.07) is 48.3. The van der Waals surface area contributed by atoms with Crippen LogP contribution < -0.4 is 5.43 Å². The second-order valence-corrected chi connectivity index (χ2v) is 10.3. The van der Waals surface area contributed by atoms with Crippen LogP contribution in [-0.4, -0.2) is 9.55 Å². The molecule has 8 aromatic rings. The molecule has 6 aromatic carbocycles. The molecule has 0 saturated carbocycles. The van der Waals surface area contributed by atoms with E-state index in [1.165, 1.54) is 27.4 Å². The van der Waals surface area contributed by atoms with Gasteiger partial charge in [-0.05, 0) is 70.8 Å². The van der Waals surface area contributed by atoms with Gasteiger partial charge in [0, 0.05) is 32.7 Å². The SMILES string of the molecule is O=c1c2ccccc2[nH]c2cc(-c3ccc4c5ccccc5n(-c5ccc(-c6ccccc6)cc5)c4c3)ccc12. The Morgan fingerprint density at radius 3 is 1.82 bits per heavy atom. The van der Waals surface area contributed by atoms with Crippen LogP contribution in [0.5, 0.6) is 0 Å². The van der Waals surface area contributed by atoms with Gasteiger partial charge in [0.05, 0.1) is 16.6 Å². The highest BCUT2D eigenvalue weighted by atomic mass is 16.1. The molecule has 3 nitrogen and oxygen atoms in total. The molecule has 0 fully saturated rings. The zero-order valence-electron chi connectivity index (χ0n) is 21.6. The molecule has 0 saturated heterocycles. The molecular formula is C37H24N2O. The number of nitrogens with zero attached hydrogens (tertiary/aromatic N) is 1. The first-order valence-corrected chi connectivity index (χ1v) is 13.5. The molecule has 3 heteroatoms. The molecule has 8 rings (SSSR count). The molecule has 0 radical (unpaired) electrons. The van der Waals surface area contributed by atoms with Gasteiger partial charge in [0.15, 0.2) is 5.43 Å². The first-order chi connectivity index (χ1) is 19.7. The van der Waals surface area contributed by atoms with Crippen LogP contribution in [0.1, 0.15) is 0 Å². The molecule has 0 aliphatic heterocycles. The maximum atomic E-state index is 13.1. The van der Waals surface area contributed by atoms with Gasteiger partial charge in [0.1, 0.15) is 0 Å². The van der Waals surface area contributed by atoms with Gasteiger partial charge in [0.2, 0.25) is 0 Å². The van der Waals surface area contributed by atoms with Crippen LogP contribution >= 0.6 is 0 Å². The summed E-state index contributed by atoms with van der Waals surface area (Å²) in [4.78, 5) is 16.6. The van der Waals surface area contributed by atoms with E-state index in [0.717, 1.165) is 33.4 Å². The minimum atomic E-state index is 0.0606. The van der Waals surface area contributed by atoms with E-state index < -0.39 is 0 Å². The summed E-state index contributed by atoms with van der Waals surface area (Å²) >= 11 is 0. The van der Waals surface area contributed by atoms with Crippen molar-refractivity contribution in [1.29, 1.82) is 0 Å². The van der Waals surface area contributed by atoms with Gasteiger partial charge >= 0.3 is 0 Å². The molecule has 188 valence electrons. The van der Waals surface area contributed by atoms with Crippen molar-refractivity contribution < 1.29 is 0 Å². The Labute approximate surface area is 230 Å². The number of aromatic nitrogens is 2. The third-order valence-corrected chi connectivity index (χ3v) is 7.94. The predicted octanol–water partition coefficient (Wildman–Crippen LogP) is 9.11. The Morgan fingerprint density at radius 1 is 0.425 bits per heavy atom. The fourth-order valence-corrected chi connectivity index (χ4v) is 5.97. The fourth-order valence-electron chi connectivity index (χ4n) is 5.97. The van der Waals surface area contributed by atoms with Gasteiger partial charge in [-0.15, -0.1) is 0 Å². The number of nitrogens with one attached hydrogen (secondary N) is 1. The summed E-state index contributed by atoms with van der Waals surface area (Å²) in [5.41, 5.74) is 9.79. The van der Waals surface area contributed by atoms with E-state index in [9.17, 15) is 4.79 Å². The Morgan fingerprint density at radius 2 is 1.00 bits per heavy atom. The highest BCUT2D eigenvalue weighted by Crippen LogP contribution is 2.35. The third-order valence-electron chi connectivity index (χ3n) is 7.94. The third kappa shape index (κ3) is 3.49. The van der Waals surface area contributed by atoms with Crippen molar-refractivity contribution in [2.75, 3.05) is 0 Å². The highest BCUT2D eigenvalue weighted by Gasteiger charge is 2.14. The molecule has 0 unspecified atom stereocenters. The number of benzene rings is 6. The van der Waals surface area contributed by atoms with Gasteiger partial charge in [0.25, 0.3) is 0 Å². The molecule has 0 amide bonds. The highest BCUT2D eigenvalue weighted by molar-refractivity contribution is 6.10. The van der Waals surface area contributed by atoms with Crippen LogP contribution in [0.4, 0.5) is 0 Å². The first-order valence-electron chi connectivity index (χ1n) is 13.5. The van der Waals surface area contributed by atoms with E-state index in [1.54, 1.807) is 0 Å². The number of hydrogen-bond donors (Lipinski definition) is 1. The minimum absolute atomic E-state index is 0.0606.